The number of aliphatic hydroxyl groups excluding tert-OH is 1. The molecule has 0 unspecified atom stereocenters. The zero-order chi connectivity index (χ0) is 18.9. The summed E-state index contributed by atoms with van der Waals surface area (Å²) < 4.78 is 0. The molecule has 1 aromatic heterocycles. The topological polar surface area (TPSA) is 49.2 Å². The molecule has 0 amide bonds. The lowest BCUT2D eigenvalue weighted by molar-refractivity contribution is 0.267. The molecular formula is C19H23Cl2N3OS. The molecule has 7 heteroatoms. The minimum Gasteiger partial charge on any atom is -0.390 e. The molecule has 1 saturated heterocycles. The van der Waals surface area contributed by atoms with Crippen LogP contribution in [0.4, 0.5) is 5.82 Å². The third kappa shape index (κ3) is 4.28. The van der Waals surface area contributed by atoms with Crippen molar-refractivity contribution in [1.82, 2.24) is 9.97 Å². The summed E-state index contributed by atoms with van der Waals surface area (Å²) in [6.07, 6.45) is 2.21. The molecule has 0 atom stereocenters. The van der Waals surface area contributed by atoms with Gasteiger partial charge in [-0.2, -0.15) is 0 Å². The number of hydrogen-bond acceptors (Lipinski definition) is 5. The Labute approximate surface area is 168 Å². The SMILES string of the molecule is Cc1nc(N2CCC(C)(C)CC2)c(CO)nc1Sc1cccc(Cl)c1Cl. The van der Waals surface area contributed by atoms with Gasteiger partial charge in [0.2, 0.25) is 0 Å². The number of benzene rings is 1. The average Bonchev–Trinajstić information content (AvgIpc) is 2.60. The standard InChI is InChI=1S/C19H23Cl2N3OS/c1-12-18(26-15-6-4-5-13(20)16(15)21)23-14(11-25)17(22-12)24-9-7-19(2,3)8-10-24/h4-6,25H,7-11H2,1-3H3. The van der Waals surface area contributed by atoms with Gasteiger partial charge in [0.1, 0.15) is 10.7 Å². The zero-order valence-corrected chi connectivity index (χ0v) is 17.5. The Bertz CT molecular complexity index is 804. The number of aromatic nitrogens is 2. The third-order valence-corrected chi connectivity index (χ3v) is 6.84. The van der Waals surface area contributed by atoms with Gasteiger partial charge in [-0.3, -0.25) is 0 Å². The van der Waals surface area contributed by atoms with Crippen LogP contribution in [-0.2, 0) is 6.61 Å². The molecule has 1 aromatic carbocycles. The zero-order valence-electron chi connectivity index (χ0n) is 15.2. The van der Waals surface area contributed by atoms with Crippen molar-refractivity contribution in [3.63, 3.8) is 0 Å². The van der Waals surface area contributed by atoms with E-state index in [9.17, 15) is 5.11 Å². The quantitative estimate of drug-likeness (QED) is 0.733. The van der Waals surface area contributed by atoms with Crippen molar-refractivity contribution >= 4 is 40.8 Å². The van der Waals surface area contributed by atoms with Crippen LogP contribution in [0, 0.1) is 12.3 Å². The summed E-state index contributed by atoms with van der Waals surface area (Å²) in [6.45, 7) is 8.25. The summed E-state index contributed by atoms with van der Waals surface area (Å²) in [6, 6.07) is 5.52. The minimum atomic E-state index is -0.140. The molecule has 0 bridgehead atoms. The largest absolute Gasteiger partial charge is 0.390 e. The molecule has 2 aromatic rings. The van der Waals surface area contributed by atoms with E-state index < -0.39 is 0 Å². The molecule has 0 radical (unpaired) electrons. The normalized spacial score (nSPS) is 16.8. The second-order valence-corrected chi connectivity index (χ2v) is 9.16. The van der Waals surface area contributed by atoms with E-state index in [4.69, 9.17) is 28.2 Å². The lowest BCUT2D eigenvalue weighted by Gasteiger charge is -2.38. The van der Waals surface area contributed by atoms with E-state index in [-0.39, 0.29) is 6.61 Å². The van der Waals surface area contributed by atoms with Gasteiger partial charge in [0.25, 0.3) is 0 Å². The Morgan fingerprint density at radius 1 is 1.19 bits per heavy atom. The highest BCUT2D eigenvalue weighted by atomic mass is 35.5. The van der Waals surface area contributed by atoms with E-state index in [0.29, 0.717) is 21.2 Å². The smallest absolute Gasteiger partial charge is 0.153 e. The van der Waals surface area contributed by atoms with E-state index in [1.165, 1.54) is 11.8 Å². The van der Waals surface area contributed by atoms with Gasteiger partial charge < -0.3 is 10.0 Å². The van der Waals surface area contributed by atoms with E-state index in [1.807, 2.05) is 19.1 Å². The van der Waals surface area contributed by atoms with Crippen LogP contribution in [0.25, 0.3) is 0 Å². The number of hydrogen-bond donors (Lipinski definition) is 1. The van der Waals surface area contributed by atoms with Crippen molar-refractivity contribution in [2.75, 3.05) is 18.0 Å². The molecule has 0 saturated carbocycles. The molecule has 2 heterocycles. The first-order chi connectivity index (χ1) is 12.3. The average molecular weight is 412 g/mol. The Kier molecular flexibility index (Phi) is 6.02. The number of aliphatic hydroxyl groups is 1. The second-order valence-electron chi connectivity index (χ2n) is 7.35. The maximum absolute atomic E-state index is 9.85. The predicted molar refractivity (Wildman–Crippen MR) is 109 cm³/mol. The van der Waals surface area contributed by atoms with Gasteiger partial charge in [-0.05, 0) is 37.3 Å². The van der Waals surface area contributed by atoms with Gasteiger partial charge in [0.05, 0.1) is 22.3 Å². The van der Waals surface area contributed by atoms with E-state index in [1.54, 1.807) is 6.07 Å². The predicted octanol–water partition coefficient (Wildman–Crippen LogP) is 5.36. The molecule has 4 nitrogen and oxygen atoms in total. The van der Waals surface area contributed by atoms with Gasteiger partial charge in [-0.1, -0.05) is 54.9 Å². The molecule has 1 aliphatic heterocycles. The molecule has 0 aliphatic carbocycles. The first kappa shape index (κ1) is 19.7. The van der Waals surface area contributed by atoms with Crippen LogP contribution in [0.2, 0.25) is 10.0 Å². The van der Waals surface area contributed by atoms with Crippen molar-refractivity contribution < 1.29 is 5.11 Å². The van der Waals surface area contributed by atoms with Crippen LogP contribution in [0.3, 0.4) is 0 Å². The first-order valence-electron chi connectivity index (χ1n) is 8.66. The highest BCUT2D eigenvalue weighted by Gasteiger charge is 2.28. The van der Waals surface area contributed by atoms with Gasteiger partial charge in [-0.25, -0.2) is 9.97 Å². The molecular weight excluding hydrogens is 389 g/mol. The summed E-state index contributed by atoms with van der Waals surface area (Å²) in [4.78, 5) is 12.5. The molecule has 140 valence electrons. The Hall–Kier alpha value is -1.01. The van der Waals surface area contributed by atoms with Crippen LogP contribution in [-0.4, -0.2) is 28.2 Å². The number of rotatable bonds is 4. The van der Waals surface area contributed by atoms with E-state index >= 15 is 0 Å². The Balaban J connectivity index is 1.89. The number of piperidine rings is 1. The van der Waals surface area contributed by atoms with Gasteiger partial charge in [0.15, 0.2) is 5.82 Å². The van der Waals surface area contributed by atoms with E-state index in [0.717, 1.165) is 47.4 Å². The lowest BCUT2D eigenvalue weighted by atomic mass is 9.82. The molecule has 26 heavy (non-hydrogen) atoms. The maximum atomic E-state index is 9.85. The van der Waals surface area contributed by atoms with E-state index in [2.05, 4.69) is 23.7 Å². The fraction of sp³-hybridized carbons (Fsp3) is 0.474. The van der Waals surface area contributed by atoms with Crippen LogP contribution in [0.1, 0.15) is 38.1 Å². The highest BCUT2D eigenvalue weighted by Crippen LogP contribution is 2.38. The number of halogens is 2. The second kappa shape index (κ2) is 7.93. The van der Waals surface area contributed by atoms with Gasteiger partial charge >= 0.3 is 0 Å². The number of aryl methyl sites for hydroxylation is 1. The van der Waals surface area contributed by atoms with Crippen LogP contribution in [0.5, 0.6) is 0 Å². The van der Waals surface area contributed by atoms with Crippen molar-refractivity contribution in [3.05, 3.63) is 39.6 Å². The molecule has 1 aliphatic rings. The fourth-order valence-corrected chi connectivity index (χ4v) is 4.35. The van der Waals surface area contributed by atoms with Crippen molar-refractivity contribution in [3.8, 4) is 0 Å². The van der Waals surface area contributed by atoms with Crippen molar-refractivity contribution in [1.29, 1.82) is 0 Å². The van der Waals surface area contributed by atoms with Crippen molar-refractivity contribution in [2.24, 2.45) is 5.41 Å². The Morgan fingerprint density at radius 2 is 1.88 bits per heavy atom. The molecule has 1 fully saturated rings. The molecule has 0 spiro atoms. The molecule has 1 N–H and O–H groups in total. The minimum absolute atomic E-state index is 0.140. The van der Waals surface area contributed by atoms with Gasteiger partial charge in [-0.15, -0.1) is 0 Å². The summed E-state index contributed by atoms with van der Waals surface area (Å²) in [5, 5.41) is 11.6. The van der Waals surface area contributed by atoms with Crippen LogP contribution >= 0.6 is 35.0 Å². The van der Waals surface area contributed by atoms with Gasteiger partial charge in [0, 0.05) is 18.0 Å². The third-order valence-electron chi connectivity index (χ3n) is 4.77. The van der Waals surface area contributed by atoms with Crippen molar-refractivity contribution in [2.45, 2.75) is 50.1 Å². The maximum Gasteiger partial charge on any atom is 0.153 e. The first-order valence-corrected chi connectivity index (χ1v) is 10.2. The number of nitrogens with zero attached hydrogens (tertiary/aromatic N) is 3. The van der Waals surface area contributed by atoms with Crippen LogP contribution < -0.4 is 4.90 Å². The highest BCUT2D eigenvalue weighted by molar-refractivity contribution is 7.99. The summed E-state index contributed by atoms with van der Waals surface area (Å²) in [5.74, 6) is 0.794. The summed E-state index contributed by atoms with van der Waals surface area (Å²) >= 11 is 13.8. The number of anilines is 1. The fourth-order valence-electron chi connectivity index (χ4n) is 2.97. The Morgan fingerprint density at radius 3 is 2.54 bits per heavy atom. The van der Waals surface area contributed by atoms with Crippen LogP contribution in [0.15, 0.2) is 28.1 Å². The lowest BCUT2D eigenvalue weighted by Crippen LogP contribution is -2.38. The monoisotopic (exact) mass is 411 g/mol. The molecule has 3 rings (SSSR count). The summed E-state index contributed by atoms with van der Waals surface area (Å²) in [7, 11) is 0. The summed E-state index contributed by atoms with van der Waals surface area (Å²) in [5.41, 5.74) is 1.79.